The SMILES string of the molecule is CC(C)(C)C[Si](O)(O)CC(C)(C)C. The van der Waals surface area contributed by atoms with Crippen molar-refractivity contribution in [3.63, 3.8) is 0 Å². The zero-order valence-electron chi connectivity index (χ0n) is 9.81. The van der Waals surface area contributed by atoms with Crippen LogP contribution in [0.3, 0.4) is 0 Å². The van der Waals surface area contributed by atoms with E-state index in [4.69, 9.17) is 0 Å². The van der Waals surface area contributed by atoms with Gasteiger partial charge in [0.1, 0.15) is 0 Å². The molecule has 0 aliphatic rings. The monoisotopic (exact) mass is 204 g/mol. The molecule has 0 heterocycles. The molecule has 2 N–H and O–H groups in total. The molecule has 0 aromatic rings. The Morgan fingerprint density at radius 3 is 1.15 bits per heavy atom. The summed E-state index contributed by atoms with van der Waals surface area (Å²) in [7, 11) is -2.97. The van der Waals surface area contributed by atoms with Gasteiger partial charge in [0.2, 0.25) is 0 Å². The molecule has 3 heteroatoms. The Morgan fingerprint density at radius 1 is 0.769 bits per heavy atom. The van der Waals surface area contributed by atoms with Gasteiger partial charge in [0.25, 0.3) is 0 Å². The Balaban J connectivity index is 4.25. The fraction of sp³-hybridized carbons (Fsp3) is 1.00. The first-order chi connectivity index (χ1) is 5.41. The van der Waals surface area contributed by atoms with Crippen molar-refractivity contribution in [1.82, 2.24) is 0 Å². The van der Waals surface area contributed by atoms with Crippen molar-refractivity contribution in [2.45, 2.75) is 53.6 Å². The minimum atomic E-state index is -2.97. The molecule has 0 aromatic carbocycles. The lowest BCUT2D eigenvalue weighted by Crippen LogP contribution is -2.41. The molecule has 80 valence electrons. The van der Waals surface area contributed by atoms with E-state index in [1.807, 2.05) is 41.5 Å². The van der Waals surface area contributed by atoms with Crippen LogP contribution in [0.25, 0.3) is 0 Å². The Kier molecular flexibility index (Phi) is 3.75. The molecule has 2 nitrogen and oxygen atoms in total. The van der Waals surface area contributed by atoms with Crippen molar-refractivity contribution in [1.29, 1.82) is 0 Å². The molecule has 0 fully saturated rings. The quantitative estimate of drug-likeness (QED) is 0.679. The summed E-state index contributed by atoms with van der Waals surface area (Å²) in [6.45, 7) is 12.3. The summed E-state index contributed by atoms with van der Waals surface area (Å²) in [5, 5.41) is 0. The summed E-state index contributed by atoms with van der Waals surface area (Å²) in [6, 6.07) is 1.11. The van der Waals surface area contributed by atoms with Crippen molar-refractivity contribution < 1.29 is 9.59 Å². The molecule has 0 aliphatic carbocycles. The van der Waals surface area contributed by atoms with Crippen LogP contribution in [-0.4, -0.2) is 18.2 Å². The largest absolute Gasteiger partial charge is 0.411 e. The van der Waals surface area contributed by atoms with Crippen molar-refractivity contribution in [2.75, 3.05) is 0 Å². The Bertz CT molecular complexity index is 145. The average Bonchev–Trinajstić information content (AvgIpc) is 1.43. The highest BCUT2D eigenvalue weighted by atomic mass is 28.4. The van der Waals surface area contributed by atoms with Crippen LogP contribution >= 0.6 is 0 Å². The van der Waals surface area contributed by atoms with Gasteiger partial charge in [-0.2, -0.15) is 0 Å². The lowest BCUT2D eigenvalue weighted by Gasteiger charge is -2.31. The van der Waals surface area contributed by atoms with Gasteiger partial charge in [0.05, 0.1) is 0 Å². The molecule has 0 bridgehead atoms. The lowest BCUT2D eigenvalue weighted by atomic mass is 10.00. The minimum Gasteiger partial charge on any atom is -0.411 e. The fourth-order valence-electron chi connectivity index (χ4n) is 1.76. The smallest absolute Gasteiger partial charge is 0.333 e. The Labute approximate surface area is 83.2 Å². The van der Waals surface area contributed by atoms with Crippen LogP contribution in [0.4, 0.5) is 0 Å². The highest BCUT2D eigenvalue weighted by Gasteiger charge is 2.38. The second kappa shape index (κ2) is 3.71. The Hall–Kier alpha value is 0.137. The van der Waals surface area contributed by atoms with Gasteiger partial charge in [-0.15, -0.1) is 0 Å². The molecule has 0 aromatic heterocycles. The summed E-state index contributed by atoms with van der Waals surface area (Å²) < 4.78 is 0. The first-order valence-electron chi connectivity index (χ1n) is 4.86. The van der Waals surface area contributed by atoms with Gasteiger partial charge in [-0.3, -0.25) is 0 Å². The predicted octanol–water partition coefficient (Wildman–Crippen LogP) is 2.51. The zero-order valence-corrected chi connectivity index (χ0v) is 10.8. The third kappa shape index (κ3) is 8.47. The second-order valence-corrected chi connectivity index (χ2v) is 9.13. The molecular formula is C10H24O2Si. The van der Waals surface area contributed by atoms with E-state index in [0.29, 0.717) is 12.1 Å². The maximum Gasteiger partial charge on any atom is 0.333 e. The van der Waals surface area contributed by atoms with E-state index in [1.54, 1.807) is 0 Å². The molecule has 0 atom stereocenters. The molecule has 0 aliphatic heterocycles. The molecule has 0 saturated carbocycles. The molecular weight excluding hydrogens is 180 g/mol. The summed E-state index contributed by atoms with van der Waals surface area (Å²) in [4.78, 5) is 19.8. The van der Waals surface area contributed by atoms with E-state index in [1.165, 1.54) is 0 Å². The van der Waals surface area contributed by atoms with Gasteiger partial charge in [-0.25, -0.2) is 0 Å². The second-order valence-electron chi connectivity index (χ2n) is 6.46. The van der Waals surface area contributed by atoms with Crippen LogP contribution < -0.4 is 0 Å². The highest BCUT2D eigenvalue weighted by molar-refractivity contribution is 6.64. The maximum atomic E-state index is 9.88. The zero-order chi connectivity index (χ0) is 10.9. The van der Waals surface area contributed by atoms with Crippen molar-refractivity contribution in [2.24, 2.45) is 10.8 Å². The predicted molar refractivity (Wildman–Crippen MR) is 58.7 cm³/mol. The van der Waals surface area contributed by atoms with Gasteiger partial charge in [-0.05, 0) is 22.9 Å². The molecule has 0 rings (SSSR count). The van der Waals surface area contributed by atoms with Crippen LogP contribution in [0.2, 0.25) is 12.1 Å². The van der Waals surface area contributed by atoms with Crippen LogP contribution in [0.15, 0.2) is 0 Å². The van der Waals surface area contributed by atoms with E-state index in [9.17, 15) is 9.59 Å². The first kappa shape index (κ1) is 13.1. The van der Waals surface area contributed by atoms with Crippen LogP contribution in [0.5, 0.6) is 0 Å². The maximum absolute atomic E-state index is 9.88. The van der Waals surface area contributed by atoms with Crippen molar-refractivity contribution in [3.05, 3.63) is 0 Å². The third-order valence-electron chi connectivity index (χ3n) is 1.63. The van der Waals surface area contributed by atoms with Gasteiger partial charge < -0.3 is 9.59 Å². The molecule has 13 heavy (non-hydrogen) atoms. The normalized spacial score (nSPS) is 14.8. The van der Waals surface area contributed by atoms with Gasteiger partial charge >= 0.3 is 8.56 Å². The summed E-state index contributed by atoms with van der Waals surface area (Å²) >= 11 is 0. The molecule has 0 radical (unpaired) electrons. The summed E-state index contributed by atoms with van der Waals surface area (Å²) in [5.41, 5.74) is 0.0297. The van der Waals surface area contributed by atoms with Crippen molar-refractivity contribution in [3.8, 4) is 0 Å². The topological polar surface area (TPSA) is 40.5 Å². The van der Waals surface area contributed by atoms with Gasteiger partial charge in [-0.1, -0.05) is 41.5 Å². The fourth-order valence-corrected chi connectivity index (χ4v) is 5.28. The number of hydrogen-bond donors (Lipinski definition) is 2. The van der Waals surface area contributed by atoms with Gasteiger partial charge in [0.15, 0.2) is 0 Å². The van der Waals surface area contributed by atoms with E-state index in [2.05, 4.69) is 0 Å². The molecule has 0 amide bonds. The van der Waals surface area contributed by atoms with E-state index >= 15 is 0 Å². The number of rotatable bonds is 2. The third-order valence-corrected chi connectivity index (χ3v) is 4.88. The number of hydrogen-bond acceptors (Lipinski definition) is 2. The van der Waals surface area contributed by atoms with Crippen LogP contribution in [0.1, 0.15) is 41.5 Å². The van der Waals surface area contributed by atoms with E-state index in [0.717, 1.165) is 0 Å². The minimum absolute atomic E-state index is 0.0149. The highest BCUT2D eigenvalue weighted by Crippen LogP contribution is 2.33. The van der Waals surface area contributed by atoms with E-state index < -0.39 is 8.56 Å². The van der Waals surface area contributed by atoms with E-state index in [-0.39, 0.29) is 10.8 Å². The molecule has 0 unspecified atom stereocenters. The molecule has 0 saturated heterocycles. The van der Waals surface area contributed by atoms with Crippen molar-refractivity contribution >= 4 is 8.56 Å². The van der Waals surface area contributed by atoms with Gasteiger partial charge in [0, 0.05) is 0 Å². The summed E-state index contributed by atoms with van der Waals surface area (Å²) in [6.07, 6.45) is 0. The van der Waals surface area contributed by atoms with Crippen LogP contribution in [-0.2, 0) is 0 Å². The summed E-state index contributed by atoms with van der Waals surface area (Å²) in [5.74, 6) is 0. The average molecular weight is 204 g/mol. The molecule has 0 spiro atoms. The lowest BCUT2D eigenvalue weighted by molar-refractivity contribution is 0.289. The Morgan fingerprint density at radius 2 is 1.00 bits per heavy atom. The van der Waals surface area contributed by atoms with Crippen LogP contribution in [0, 0.1) is 10.8 Å². The standard InChI is InChI=1S/C10H24O2Si/c1-9(2,3)7-13(11,12)8-10(4,5)6/h11-12H,7-8H2,1-6H3. The first-order valence-corrected chi connectivity index (χ1v) is 7.17.